The minimum atomic E-state index is 0.171. The quantitative estimate of drug-likeness (QED) is 0.723. The highest BCUT2D eigenvalue weighted by Gasteiger charge is 2.30. The number of thioether (sulfide) groups is 1. The number of aryl methyl sites for hydroxylation is 2. The van der Waals surface area contributed by atoms with E-state index in [0.29, 0.717) is 6.42 Å². The molecule has 1 fully saturated rings. The minimum Gasteiger partial charge on any atom is -0.326 e. The standard InChI is InChI=1S/C17H18BrNOS2/c1-12-8-10-21-15(12)6-7-16(20)19-9-11-22-17(19)13-2-4-14(18)5-3-13/h2-5,8,10,17H,6-7,9,11H2,1H3. The molecule has 1 unspecified atom stereocenters. The fraction of sp³-hybridized carbons (Fsp3) is 0.353. The van der Waals surface area contributed by atoms with Crippen LogP contribution in [0.2, 0.25) is 0 Å². The van der Waals surface area contributed by atoms with E-state index in [4.69, 9.17) is 0 Å². The summed E-state index contributed by atoms with van der Waals surface area (Å²) in [5.41, 5.74) is 2.52. The molecule has 1 saturated heterocycles. The summed E-state index contributed by atoms with van der Waals surface area (Å²) in [6.45, 7) is 2.97. The Labute approximate surface area is 148 Å². The highest BCUT2D eigenvalue weighted by Crippen LogP contribution is 2.38. The number of halogens is 1. The van der Waals surface area contributed by atoms with Crippen LogP contribution in [-0.2, 0) is 11.2 Å². The molecule has 0 radical (unpaired) electrons. The summed E-state index contributed by atoms with van der Waals surface area (Å²) in [6.07, 6.45) is 1.46. The largest absolute Gasteiger partial charge is 0.326 e. The number of rotatable bonds is 4. The van der Waals surface area contributed by atoms with Crippen molar-refractivity contribution in [2.24, 2.45) is 0 Å². The van der Waals surface area contributed by atoms with E-state index in [9.17, 15) is 4.79 Å². The maximum Gasteiger partial charge on any atom is 0.224 e. The summed E-state index contributed by atoms with van der Waals surface area (Å²) in [6, 6.07) is 10.4. The Morgan fingerprint density at radius 2 is 2.09 bits per heavy atom. The lowest BCUT2D eigenvalue weighted by molar-refractivity contribution is -0.131. The van der Waals surface area contributed by atoms with E-state index in [1.807, 2.05) is 28.8 Å². The summed E-state index contributed by atoms with van der Waals surface area (Å²) in [4.78, 5) is 16.0. The zero-order valence-electron chi connectivity index (χ0n) is 12.4. The first-order valence-corrected chi connectivity index (χ1v) is 10.1. The molecular formula is C17H18BrNOS2. The van der Waals surface area contributed by atoms with Crippen LogP contribution in [0.4, 0.5) is 0 Å². The van der Waals surface area contributed by atoms with E-state index >= 15 is 0 Å². The van der Waals surface area contributed by atoms with Crippen molar-refractivity contribution in [3.8, 4) is 0 Å². The monoisotopic (exact) mass is 395 g/mol. The number of hydrogen-bond acceptors (Lipinski definition) is 3. The molecule has 0 N–H and O–H groups in total. The van der Waals surface area contributed by atoms with Crippen LogP contribution < -0.4 is 0 Å². The van der Waals surface area contributed by atoms with Crippen LogP contribution in [-0.4, -0.2) is 23.1 Å². The van der Waals surface area contributed by atoms with E-state index in [1.54, 1.807) is 11.3 Å². The Morgan fingerprint density at radius 1 is 1.32 bits per heavy atom. The first kappa shape index (κ1) is 16.1. The third-order valence-corrected chi connectivity index (χ3v) is 6.77. The molecular weight excluding hydrogens is 378 g/mol. The van der Waals surface area contributed by atoms with Crippen LogP contribution in [0.1, 0.15) is 27.8 Å². The number of nitrogens with zero attached hydrogens (tertiary/aromatic N) is 1. The number of thiophene rings is 1. The van der Waals surface area contributed by atoms with Gasteiger partial charge in [-0.2, -0.15) is 0 Å². The Kier molecular flexibility index (Phi) is 5.26. The number of benzene rings is 1. The van der Waals surface area contributed by atoms with Gasteiger partial charge in [-0.05, 0) is 48.1 Å². The molecule has 2 nitrogen and oxygen atoms in total. The van der Waals surface area contributed by atoms with Crippen LogP contribution in [0, 0.1) is 6.92 Å². The first-order valence-electron chi connectivity index (χ1n) is 7.34. The fourth-order valence-electron chi connectivity index (χ4n) is 2.65. The van der Waals surface area contributed by atoms with Gasteiger partial charge in [-0.3, -0.25) is 4.79 Å². The van der Waals surface area contributed by atoms with E-state index < -0.39 is 0 Å². The molecule has 1 aliphatic rings. The van der Waals surface area contributed by atoms with Crippen LogP contribution in [0.25, 0.3) is 0 Å². The van der Waals surface area contributed by atoms with Gasteiger partial charge >= 0.3 is 0 Å². The molecule has 0 bridgehead atoms. The molecule has 1 aliphatic heterocycles. The van der Waals surface area contributed by atoms with E-state index in [1.165, 1.54) is 16.0 Å². The normalized spacial score (nSPS) is 17.9. The summed E-state index contributed by atoms with van der Waals surface area (Å²) < 4.78 is 1.07. The number of amides is 1. The average molecular weight is 396 g/mol. The van der Waals surface area contributed by atoms with Gasteiger partial charge < -0.3 is 4.90 Å². The number of carbonyl (C=O) groups is 1. The van der Waals surface area contributed by atoms with E-state index in [0.717, 1.165) is 23.2 Å². The average Bonchev–Trinajstić information content (AvgIpc) is 3.15. The van der Waals surface area contributed by atoms with Crippen molar-refractivity contribution in [3.05, 3.63) is 56.2 Å². The first-order chi connectivity index (χ1) is 10.6. The van der Waals surface area contributed by atoms with Gasteiger partial charge in [0, 0.05) is 28.1 Å². The Hall–Kier alpha value is -0.780. The lowest BCUT2D eigenvalue weighted by Crippen LogP contribution is -2.30. The van der Waals surface area contributed by atoms with Crippen molar-refractivity contribution in [2.45, 2.75) is 25.1 Å². The molecule has 5 heteroatoms. The second kappa shape index (κ2) is 7.20. The summed E-state index contributed by atoms with van der Waals surface area (Å²) in [5, 5.41) is 2.27. The number of hydrogen-bond donors (Lipinski definition) is 0. The molecule has 0 saturated carbocycles. The molecule has 1 amide bonds. The van der Waals surface area contributed by atoms with Crippen molar-refractivity contribution in [3.63, 3.8) is 0 Å². The Bertz CT molecular complexity index is 653. The van der Waals surface area contributed by atoms with Crippen molar-refractivity contribution in [2.75, 3.05) is 12.3 Å². The second-order valence-electron chi connectivity index (χ2n) is 5.39. The van der Waals surface area contributed by atoms with Gasteiger partial charge in [-0.25, -0.2) is 0 Å². The van der Waals surface area contributed by atoms with Gasteiger partial charge in [0.1, 0.15) is 5.37 Å². The van der Waals surface area contributed by atoms with Crippen LogP contribution in [0.5, 0.6) is 0 Å². The summed E-state index contributed by atoms with van der Waals surface area (Å²) in [7, 11) is 0. The smallest absolute Gasteiger partial charge is 0.224 e. The van der Waals surface area contributed by atoms with E-state index in [-0.39, 0.29) is 11.3 Å². The molecule has 2 aromatic rings. The lowest BCUT2D eigenvalue weighted by Gasteiger charge is -2.24. The highest BCUT2D eigenvalue weighted by molar-refractivity contribution is 9.10. The minimum absolute atomic E-state index is 0.171. The van der Waals surface area contributed by atoms with Crippen LogP contribution in [0.3, 0.4) is 0 Å². The topological polar surface area (TPSA) is 20.3 Å². The second-order valence-corrected chi connectivity index (χ2v) is 8.49. The van der Waals surface area contributed by atoms with Gasteiger partial charge in [-0.1, -0.05) is 28.1 Å². The molecule has 1 aromatic heterocycles. The van der Waals surface area contributed by atoms with Crippen LogP contribution in [0.15, 0.2) is 40.2 Å². The van der Waals surface area contributed by atoms with Crippen molar-refractivity contribution in [1.29, 1.82) is 0 Å². The summed E-state index contributed by atoms with van der Waals surface area (Å²) in [5.74, 6) is 1.29. The molecule has 22 heavy (non-hydrogen) atoms. The van der Waals surface area contributed by atoms with Gasteiger partial charge in [-0.15, -0.1) is 23.1 Å². The van der Waals surface area contributed by atoms with Gasteiger partial charge in [0.2, 0.25) is 5.91 Å². The van der Waals surface area contributed by atoms with Crippen molar-refractivity contribution < 1.29 is 4.79 Å². The van der Waals surface area contributed by atoms with Gasteiger partial charge in [0.25, 0.3) is 0 Å². The zero-order chi connectivity index (χ0) is 15.5. The number of carbonyl (C=O) groups excluding carboxylic acids is 1. The maximum absolute atomic E-state index is 12.6. The Morgan fingerprint density at radius 3 is 2.77 bits per heavy atom. The van der Waals surface area contributed by atoms with Crippen molar-refractivity contribution >= 4 is 44.9 Å². The maximum atomic E-state index is 12.6. The molecule has 0 aliphatic carbocycles. The Balaban J connectivity index is 1.66. The molecule has 2 heterocycles. The van der Waals surface area contributed by atoms with E-state index in [2.05, 4.69) is 46.4 Å². The molecule has 116 valence electrons. The predicted octanol–water partition coefficient (Wildman–Crippen LogP) is 5.03. The SMILES string of the molecule is Cc1ccsc1CCC(=O)N1CCSC1c1ccc(Br)cc1. The zero-order valence-corrected chi connectivity index (χ0v) is 15.6. The molecule has 1 atom stereocenters. The molecule has 3 rings (SSSR count). The summed E-state index contributed by atoms with van der Waals surface area (Å²) >= 11 is 7.07. The third kappa shape index (κ3) is 3.58. The fourth-order valence-corrected chi connectivity index (χ4v) is 5.11. The lowest BCUT2D eigenvalue weighted by atomic mass is 10.1. The van der Waals surface area contributed by atoms with Crippen molar-refractivity contribution in [1.82, 2.24) is 4.90 Å². The van der Waals surface area contributed by atoms with Crippen LogP contribution >= 0.6 is 39.0 Å². The van der Waals surface area contributed by atoms with Gasteiger partial charge in [0.05, 0.1) is 0 Å². The highest BCUT2D eigenvalue weighted by atomic mass is 79.9. The molecule has 0 spiro atoms. The molecule has 1 aromatic carbocycles. The predicted molar refractivity (Wildman–Crippen MR) is 98.4 cm³/mol. The van der Waals surface area contributed by atoms with Gasteiger partial charge in [0.15, 0.2) is 0 Å². The third-order valence-electron chi connectivity index (χ3n) is 3.90.